The second kappa shape index (κ2) is 10.9. The molecule has 0 aromatic heterocycles. The second-order valence-corrected chi connectivity index (χ2v) is 10.5. The topological polar surface area (TPSA) is 144 Å². The maximum Gasteiger partial charge on any atom is 0.409 e. The number of hydrogen-bond acceptors (Lipinski definition) is 7. The Kier molecular flexibility index (Phi) is 8.24. The fourth-order valence-corrected chi connectivity index (χ4v) is 6.25. The number of sulfone groups is 1. The molecule has 1 aliphatic heterocycles. The molecule has 1 heterocycles. The number of nitriles is 1. The molecule has 2 aromatic rings. The fraction of sp³-hybridized carbons (Fsp3) is 0.286. The highest BCUT2D eigenvalue weighted by Crippen LogP contribution is 2.38. The second-order valence-electron chi connectivity index (χ2n) is 7.29. The smallest absolute Gasteiger partial charge is 0.409 e. The first kappa shape index (κ1) is 25.6. The van der Waals surface area contributed by atoms with Crippen LogP contribution in [0.25, 0.3) is 0 Å². The van der Waals surface area contributed by atoms with Gasteiger partial charge in [-0.15, -0.1) is 0 Å². The van der Waals surface area contributed by atoms with E-state index in [2.05, 4.69) is 31.6 Å². The van der Waals surface area contributed by atoms with Gasteiger partial charge in [0, 0.05) is 17.1 Å². The number of rotatable bonds is 5. The Morgan fingerprint density at radius 1 is 1.38 bits per heavy atom. The van der Waals surface area contributed by atoms with Gasteiger partial charge in [-0.3, -0.25) is 5.32 Å². The lowest BCUT2D eigenvalue weighted by atomic mass is 10.2. The lowest BCUT2D eigenvalue weighted by Crippen LogP contribution is -2.39. The van der Waals surface area contributed by atoms with Gasteiger partial charge >= 0.3 is 6.09 Å². The molecule has 0 aliphatic carbocycles. The summed E-state index contributed by atoms with van der Waals surface area (Å²) in [4.78, 5) is 17.1. The third-order valence-corrected chi connectivity index (χ3v) is 8.06. The fourth-order valence-electron chi connectivity index (χ4n) is 3.58. The third-order valence-electron chi connectivity index (χ3n) is 5.10. The molecule has 0 saturated carbocycles. The molecule has 3 rings (SSSR count). The molecule has 3 N–H and O–H groups in total. The lowest BCUT2D eigenvalue weighted by Gasteiger charge is -2.23. The number of likely N-dealkylation sites (tertiary alicyclic amines) is 1. The minimum absolute atomic E-state index is 0.0345. The molecule has 34 heavy (non-hydrogen) atoms. The van der Waals surface area contributed by atoms with Gasteiger partial charge in [0.05, 0.1) is 29.3 Å². The SMILES string of the molecule is COC(=O)N1CCC[C@H]1CS(=O)(=O)c1c(Cl)ccc(NC(=Nc2ccccc2Br)NC#N)c1O. The van der Waals surface area contributed by atoms with Gasteiger partial charge in [0.2, 0.25) is 5.96 Å². The largest absolute Gasteiger partial charge is 0.504 e. The number of aromatic hydroxyl groups is 1. The number of phenols is 1. The molecule has 13 heteroatoms. The zero-order valence-electron chi connectivity index (χ0n) is 18.0. The molecule has 0 bridgehead atoms. The van der Waals surface area contributed by atoms with E-state index < -0.39 is 38.4 Å². The van der Waals surface area contributed by atoms with Gasteiger partial charge in [-0.2, -0.15) is 5.26 Å². The Morgan fingerprint density at radius 3 is 2.79 bits per heavy atom. The van der Waals surface area contributed by atoms with Crippen molar-refractivity contribution in [2.45, 2.75) is 23.8 Å². The highest BCUT2D eigenvalue weighted by Gasteiger charge is 2.36. The first-order valence-corrected chi connectivity index (χ1v) is 12.8. The van der Waals surface area contributed by atoms with Crippen LogP contribution >= 0.6 is 27.5 Å². The summed E-state index contributed by atoms with van der Waals surface area (Å²) in [5, 5.41) is 24.8. The summed E-state index contributed by atoms with van der Waals surface area (Å²) >= 11 is 9.53. The average Bonchev–Trinajstić information content (AvgIpc) is 3.24. The number of ether oxygens (including phenoxy) is 1. The number of benzene rings is 2. The van der Waals surface area contributed by atoms with Crippen LogP contribution in [0.4, 0.5) is 16.2 Å². The molecule has 1 amide bonds. The molecule has 1 atom stereocenters. The van der Waals surface area contributed by atoms with Gasteiger partial charge in [-0.25, -0.2) is 18.2 Å². The van der Waals surface area contributed by atoms with Crippen molar-refractivity contribution in [2.75, 3.05) is 24.7 Å². The Hall–Kier alpha value is -3.01. The Labute approximate surface area is 210 Å². The van der Waals surface area contributed by atoms with Crippen LogP contribution in [-0.2, 0) is 14.6 Å². The molecule has 0 radical (unpaired) electrons. The van der Waals surface area contributed by atoms with Crippen LogP contribution < -0.4 is 10.6 Å². The van der Waals surface area contributed by atoms with Gasteiger partial charge < -0.3 is 20.1 Å². The minimum Gasteiger partial charge on any atom is -0.504 e. The van der Waals surface area contributed by atoms with Crippen molar-refractivity contribution in [1.29, 1.82) is 5.26 Å². The number of amides is 1. The van der Waals surface area contributed by atoms with Crippen LogP contribution in [0.15, 0.2) is 50.8 Å². The molecule has 1 fully saturated rings. The van der Waals surface area contributed by atoms with Crippen LogP contribution in [0.2, 0.25) is 5.02 Å². The zero-order valence-corrected chi connectivity index (χ0v) is 21.1. The van der Waals surface area contributed by atoms with Crippen LogP contribution in [0.5, 0.6) is 5.75 Å². The van der Waals surface area contributed by atoms with Crippen molar-refractivity contribution in [2.24, 2.45) is 4.99 Å². The van der Waals surface area contributed by atoms with Crippen molar-refractivity contribution in [3.63, 3.8) is 0 Å². The molecular weight excluding hydrogens is 550 g/mol. The molecule has 10 nitrogen and oxygen atoms in total. The number of phenolic OH excluding ortho intramolecular Hbond substituents is 1. The quantitative estimate of drug-likeness (QED) is 0.161. The van der Waals surface area contributed by atoms with E-state index in [-0.39, 0.29) is 16.7 Å². The van der Waals surface area contributed by atoms with E-state index in [0.717, 1.165) is 0 Å². The number of nitrogens with one attached hydrogen (secondary N) is 2. The Morgan fingerprint density at radius 2 is 2.12 bits per heavy atom. The molecule has 0 unspecified atom stereocenters. The third kappa shape index (κ3) is 5.72. The predicted octanol–water partition coefficient (Wildman–Crippen LogP) is 3.98. The summed E-state index contributed by atoms with van der Waals surface area (Å²) in [5.41, 5.74) is 0.450. The molecule has 1 saturated heterocycles. The summed E-state index contributed by atoms with van der Waals surface area (Å²) in [5.74, 6) is -1.12. The van der Waals surface area contributed by atoms with E-state index >= 15 is 0 Å². The summed E-state index contributed by atoms with van der Waals surface area (Å²) in [6, 6.07) is 9.05. The van der Waals surface area contributed by atoms with Crippen molar-refractivity contribution >= 4 is 60.8 Å². The van der Waals surface area contributed by atoms with Crippen molar-refractivity contribution < 1.29 is 23.1 Å². The van der Waals surface area contributed by atoms with Crippen LogP contribution in [0.3, 0.4) is 0 Å². The zero-order chi connectivity index (χ0) is 24.9. The first-order valence-electron chi connectivity index (χ1n) is 10.0. The number of guanidine groups is 1. The van der Waals surface area contributed by atoms with Crippen LogP contribution in [0, 0.1) is 11.5 Å². The van der Waals surface area contributed by atoms with Gasteiger partial charge in [0.25, 0.3) is 0 Å². The van der Waals surface area contributed by atoms with E-state index in [1.54, 1.807) is 30.5 Å². The summed E-state index contributed by atoms with van der Waals surface area (Å²) < 4.78 is 31.8. The first-order chi connectivity index (χ1) is 16.2. The number of carbonyl (C=O) groups excluding carboxylic acids is 1. The highest BCUT2D eigenvalue weighted by molar-refractivity contribution is 9.10. The average molecular weight is 571 g/mol. The van der Waals surface area contributed by atoms with E-state index in [1.807, 2.05) is 0 Å². The van der Waals surface area contributed by atoms with E-state index in [9.17, 15) is 18.3 Å². The van der Waals surface area contributed by atoms with Gasteiger partial charge in [0.15, 0.2) is 21.8 Å². The number of nitrogens with zero attached hydrogens (tertiary/aromatic N) is 3. The Balaban J connectivity index is 1.94. The minimum atomic E-state index is -4.12. The van der Waals surface area contributed by atoms with E-state index in [4.69, 9.17) is 21.6 Å². The maximum atomic E-state index is 13.2. The number of anilines is 1. The number of carbonyl (C=O) groups is 1. The van der Waals surface area contributed by atoms with E-state index in [1.165, 1.54) is 24.1 Å². The highest BCUT2D eigenvalue weighted by atomic mass is 79.9. The number of methoxy groups -OCH3 is 1. The van der Waals surface area contributed by atoms with Crippen LogP contribution in [-0.4, -0.2) is 55.9 Å². The van der Waals surface area contributed by atoms with Gasteiger partial charge in [-0.05, 0) is 53.0 Å². The standard InChI is InChI=1S/C21H21BrClN5O5S/c1-33-21(30)28-10-4-5-13(28)11-34(31,32)19-15(23)8-9-17(18(19)29)27-20(25-12-24)26-16-7-3-2-6-14(16)22/h2-3,6-9,13,29H,4-5,10-11H2,1H3,(H2,25,26,27)/t13-/m0/s1. The predicted molar refractivity (Wildman–Crippen MR) is 131 cm³/mol. The molecular formula is C21H21BrClN5O5S. The summed E-state index contributed by atoms with van der Waals surface area (Å²) in [7, 11) is -2.89. The number of halogens is 2. The van der Waals surface area contributed by atoms with Gasteiger partial charge in [0.1, 0.15) is 4.90 Å². The number of para-hydroxylation sites is 1. The van der Waals surface area contributed by atoms with Crippen molar-refractivity contribution in [3.05, 3.63) is 45.9 Å². The molecule has 0 spiro atoms. The molecule has 2 aromatic carbocycles. The van der Waals surface area contributed by atoms with Gasteiger partial charge in [-0.1, -0.05) is 23.7 Å². The number of aliphatic imine (C=N–C) groups is 1. The van der Waals surface area contributed by atoms with Crippen molar-refractivity contribution in [3.8, 4) is 11.9 Å². The molecule has 1 aliphatic rings. The van der Waals surface area contributed by atoms with Crippen molar-refractivity contribution in [1.82, 2.24) is 10.2 Å². The van der Waals surface area contributed by atoms with E-state index in [0.29, 0.717) is 29.5 Å². The summed E-state index contributed by atoms with van der Waals surface area (Å²) in [6.07, 6.45) is 2.23. The normalized spacial score (nSPS) is 16.1. The van der Waals surface area contributed by atoms with Crippen LogP contribution in [0.1, 0.15) is 12.8 Å². The molecule has 180 valence electrons. The number of hydrogen-bond donors (Lipinski definition) is 3. The Bertz CT molecular complexity index is 1260. The maximum absolute atomic E-state index is 13.2. The monoisotopic (exact) mass is 569 g/mol. The lowest BCUT2D eigenvalue weighted by molar-refractivity contribution is 0.122. The summed E-state index contributed by atoms with van der Waals surface area (Å²) in [6.45, 7) is 0.378.